The van der Waals surface area contributed by atoms with Gasteiger partial charge >= 0.3 is 5.69 Å². The van der Waals surface area contributed by atoms with Gasteiger partial charge in [-0.05, 0) is 37.5 Å². The highest BCUT2D eigenvalue weighted by atomic mass is 16.2. The van der Waals surface area contributed by atoms with E-state index in [1.54, 1.807) is 23.0 Å². The van der Waals surface area contributed by atoms with E-state index in [1.165, 1.54) is 0 Å². The Bertz CT molecular complexity index is 1040. The van der Waals surface area contributed by atoms with Crippen molar-refractivity contribution in [3.05, 3.63) is 52.5 Å². The molecule has 0 spiro atoms. The second-order valence-electron chi connectivity index (χ2n) is 7.11. The highest BCUT2D eigenvalue weighted by Crippen LogP contribution is 2.40. The van der Waals surface area contributed by atoms with Gasteiger partial charge < -0.3 is 14.9 Å². The van der Waals surface area contributed by atoms with E-state index >= 15 is 0 Å². The van der Waals surface area contributed by atoms with Crippen molar-refractivity contribution in [1.29, 1.82) is 0 Å². The molecule has 0 unspecified atom stereocenters. The van der Waals surface area contributed by atoms with E-state index in [0.717, 1.165) is 36.0 Å². The second-order valence-corrected chi connectivity index (χ2v) is 7.11. The summed E-state index contributed by atoms with van der Waals surface area (Å²) in [7, 11) is 1.97. The molecule has 0 aliphatic heterocycles. The number of carbonyl (C=O) groups excluding carboxylic acids is 1. The predicted molar refractivity (Wildman–Crippen MR) is 92.6 cm³/mol. The highest BCUT2D eigenvalue weighted by molar-refractivity contribution is 5.97. The summed E-state index contributed by atoms with van der Waals surface area (Å²) in [6.07, 6.45) is 6.66. The van der Waals surface area contributed by atoms with Crippen LogP contribution in [-0.4, -0.2) is 31.1 Å². The van der Waals surface area contributed by atoms with E-state index in [2.05, 4.69) is 15.3 Å². The maximum absolute atomic E-state index is 12.5. The predicted octanol–water partition coefficient (Wildman–Crippen LogP) is 1.68. The third kappa shape index (κ3) is 2.38. The first-order valence-electron chi connectivity index (χ1n) is 8.63. The number of nitrogens with zero attached hydrogens (tertiary/aromatic N) is 3. The molecule has 1 aromatic carbocycles. The molecule has 2 fully saturated rings. The number of fused-ring (bicyclic) bond motifs is 1. The Morgan fingerprint density at radius 1 is 1.36 bits per heavy atom. The fraction of sp³-hybridized carbons (Fsp3) is 0.389. The van der Waals surface area contributed by atoms with E-state index in [9.17, 15) is 9.59 Å². The van der Waals surface area contributed by atoms with Crippen LogP contribution in [-0.2, 0) is 7.05 Å². The van der Waals surface area contributed by atoms with Crippen molar-refractivity contribution in [3.8, 4) is 0 Å². The van der Waals surface area contributed by atoms with E-state index in [4.69, 9.17) is 0 Å². The van der Waals surface area contributed by atoms with Crippen LogP contribution in [0.1, 0.15) is 47.3 Å². The van der Waals surface area contributed by atoms with Crippen LogP contribution in [0.3, 0.4) is 0 Å². The average Bonchev–Trinajstić information content (AvgIpc) is 3.49. The van der Waals surface area contributed by atoms with Gasteiger partial charge in [0.1, 0.15) is 0 Å². The summed E-state index contributed by atoms with van der Waals surface area (Å²) in [5.41, 5.74) is 3.24. The molecular formula is C18H19N5O2. The van der Waals surface area contributed by atoms with Crippen molar-refractivity contribution < 1.29 is 4.79 Å². The van der Waals surface area contributed by atoms with Crippen molar-refractivity contribution in [2.75, 3.05) is 0 Å². The molecule has 7 heteroatoms. The molecule has 2 aliphatic rings. The van der Waals surface area contributed by atoms with Gasteiger partial charge in [-0.25, -0.2) is 9.78 Å². The summed E-state index contributed by atoms with van der Waals surface area (Å²) in [4.78, 5) is 31.6. The second kappa shape index (κ2) is 5.08. The van der Waals surface area contributed by atoms with Gasteiger partial charge in [-0.3, -0.25) is 9.36 Å². The van der Waals surface area contributed by atoms with Crippen LogP contribution in [0.4, 0.5) is 0 Å². The van der Waals surface area contributed by atoms with Crippen molar-refractivity contribution in [2.24, 2.45) is 7.05 Å². The first-order chi connectivity index (χ1) is 12.1. The molecule has 3 aromatic rings. The summed E-state index contributed by atoms with van der Waals surface area (Å²) in [5, 5.41) is 3.08. The van der Waals surface area contributed by atoms with Crippen LogP contribution in [0.5, 0.6) is 0 Å². The third-order valence-electron chi connectivity index (χ3n) is 5.23. The number of aromatic nitrogens is 4. The van der Waals surface area contributed by atoms with Crippen LogP contribution in [0.2, 0.25) is 0 Å². The first-order valence-corrected chi connectivity index (χ1v) is 8.63. The van der Waals surface area contributed by atoms with E-state index in [0.29, 0.717) is 17.5 Å². The fourth-order valence-corrected chi connectivity index (χ4v) is 3.63. The molecule has 2 aromatic heterocycles. The number of aryl methyl sites for hydroxylation is 1. The lowest BCUT2D eigenvalue weighted by Gasteiger charge is -2.06. The number of amides is 1. The number of imidazole rings is 2. The Kier molecular flexibility index (Phi) is 2.95. The summed E-state index contributed by atoms with van der Waals surface area (Å²) in [6, 6.07) is 5.89. The molecule has 2 saturated carbocycles. The monoisotopic (exact) mass is 337 g/mol. The molecule has 5 rings (SSSR count). The topological polar surface area (TPSA) is 84.7 Å². The van der Waals surface area contributed by atoms with E-state index < -0.39 is 0 Å². The van der Waals surface area contributed by atoms with Crippen molar-refractivity contribution in [3.63, 3.8) is 0 Å². The minimum atomic E-state index is -0.100. The molecule has 2 N–H and O–H groups in total. The maximum Gasteiger partial charge on any atom is 0.326 e. The zero-order chi connectivity index (χ0) is 17.1. The summed E-state index contributed by atoms with van der Waals surface area (Å²) < 4.78 is 3.80. The largest absolute Gasteiger partial charge is 0.349 e. The summed E-state index contributed by atoms with van der Waals surface area (Å²) in [5.74, 6) is 0.229. The van der Waals surface area contributed by atoms with Crippen molar-refractivity contribution >= 4 is 16.9 Å². The SMILES string of the molecule is Cn1cncc1[C@@H]1C[C@H]1NC(=O)c1ccc2c(c1)[nH]c(=O)n2C1CC1. The Hall–Kier alpha value is -2.83. The maximum atomic E-state index is 12.5. The first kappa shape index (κ1) is 14.5. The molecule has 2 aliphatic carbocycles. The molecule has 128 valence electrons. The van der Waals surface area contributed by atoms with Gasteiger partial charge in [0.05, 0.1) is 17.4 Å². The van der Waals surface area contributed by atoms with Crippen molar-refractivity contribution in [2.45, 2.75) is 37.3 Å². The van der Waals surface area contributed by atoms with Crippen LogP contribution in [0, 0.1) is 0 Å². The zero-order valence-electron chi connectivity index (χ0n) is 13.9. The Balaban J connectivity index is 1.36. The van der Waals surface area contributed by atoms with Gasteiger partial charge in [0.25, 0.3) is 5.91 Å². The Morgan fingerprint density at radius 3 is 2.92 bits per heavy atom. The quantitative estimate of drug-likeness (QED) is 0.760. The van der Waals surface area contributed by atoms with Gasteiger partial charge in [-0.1, -0.05) is 0 Å². The number of hydrogen-bond acceptors (Lipinski definition) is 3. The summed E-state index contributed by atoms with van der Waals surface area (Å²) in [6.45, 7) is 0. The van der Waals surface area contributed by atoms with Crippen LogP contribution < -0.4 is 11.0 Å². The van der Waals surface area contributed by atoms with Gasteiger partial charge in [0, 0.05) is 42.5 Å². The molecular weight excluding hydrogens is 318 g/mol. The number of aromatic amines is 1. The number of H-pyrrole nitrogens is 1. The molecule has 0 bridgehead atoms. The van der Waals surface area contributed by atoms with Crippen LogP contribution >= 0.6 is 0 Å². The molecule has 25 heavy (non-hydrogen) atoms. The molecule has 1 amide bonds. The normalized spacial score (nSPS) is 22.3. The number of benzene rings is 1. The number of hydrogen-bond donors (Lipinski definition) is 2. The lowest BCUT2D eigenvalue weighted by molar-refractivity contribution is 0.0950. The Morgan fingerprint density at radius 2 is 2.20 bits per heavy atom. The molecule has 2 atom stereocenters. The number of carbonyl (C=O) groups is 1. The highest BCUT2D eigenvalue weighted by Gasteiger charge is 2.41. The Labute approximate surface area is 143 Å². The van der Waals surface area contributed by atoms with E-state index in [1.807, 2.05) is 23.9 Å². The number of rotatable bonds is 4. The molecule has 7 nitrogen and oxygen atoms in total. The van der Waals surface area contributed by atoms with Gasteiger partial charge in [-0.2, -0.15) is 0 Å². The van der Waals surface area contributed by atoms with Gasteiger partial charge in [-0.15, -0.1) is 0 Å². The third-order valence-corrected chi connectivity index (χ3v) is 5.23. The average molecular weight is 337 g/mol. The smallest absolute Gasteiger partial charge is 0.326 e. The number of nitrogens with one attached hydrogen (secondary N) is 2. The lowest BCUT2D eigenvalue weighted by atomic mass is 10.2. The molecule has 0 radical (unpaired) electrons. The van der Waals surface area contributed by atoms with Crippen molar-refractivity contribution in [1.82, 2.24) is 24.4 Å². The van der Waals surface area contributed by atoms with E-state index in [-0.39, 0.29) is 17.6 Å². The molecule has 0 saturated heterocycles. The van der Waals surface area contributed by atoms with Gasteiger partial charge in [0.2, 0.25) is 0 Å². The van der Waals surface area contributed by atoms with Gasteiger partial charge in [0.15, 0.2) is 0 Å². The zero-order valence-corrected chi connectivity index (χ0v) is 13.9. The minimum absolute atomic E-state index is 0.0893. The minimum Gasteiger partial charge on any atom is -0.349 e. The summed E-state index contributed by atoms with van der Waals surface area (Å²) >= 11 is 0. The van der Waals surface area contributed by atoms with Crippen LogP contribution in [0.15, 0.2) is 35.5 Å². The molecule has 2 heterocycles. The fourth-order valence-electron chi connectivity index (χ4n) is 3.63. The standard InChI is InChI=1S/C18H19N5O2/c1-22-9-19-8-16(22)12-7-13(12)20-17(24)10-2-5-15-14(6-10)21-18(25)23(15)11-3-4-11/h2,5-6,8-9,11-13H,3-4,7H2,1H3,(H,20,24)(H,21,25)/t12-,13-/m1/s1. The lowest BCUT2D eigenvalue weighted by Crippen LogP contribution is -2.26. The van der Waals surface area contributed by atoms with Crippen LogP contribution in [0.25, 0.3) is 11.0 Å².